The minimum absolute atomic E-state index is 0.0633. The minimum Gasteiger partial charge on any atom is -0.324 e. The Morgan fingerprint density at radius 2 is 1.52 bits per heavy atom. The van der Waals surface area contributed by atoms with Crippen molar-refractivity contribution in [2.45, 2.75) is 18.7 Å². The molecule has 162 valence electrons. The van der Waals surface area contributed by atoms with Gasteiger partial charge in [0.25, 0.3) is 10.0 Å². The number of nitrogens with one attached hydrogen (secondary N) is 1. The summed E-state index contributed by atoms with van der Waals surface area (Å²) in [6.07, 6.45) is 0. The molecule has 31 heavy (non-hydrogen) atoms. The van der Waals surface area contributed by atoms with Crippen molar-refractivity contribution < 1.29 is 13.2 Å². The van der Waals surface area contributed by atoms with Crippen LogP contribution in [0.25, 0.3) is 0 Å². The van der Waals surface area contributed by atoms with Crippen molar-refractivity contribution in [3.05, 3.63) is 86.9 Å². The first-order chi connectivity index (χ1) is 14.6. The number of carbonyl (C=O) groups is 1. The summed E-state index contributed by atoms with van der Waals surface area (Å²) in [4.78, 5) is 12.8. The molecule has 0 saturated heterocycles. The van der Waals surface area contributed by atoms with E-state index in [1.54, 1.807) is 31.2 Å². The fraction of sp³-hybridized carbons (Fsp3) is 0.136. The van der Waals surface area contributed by atoms with Crippen LogP contribution in [0.5, 0.6) is 0 Å². The van der Waals surface area contributed by atoms with Crippen molar-refractivity contribution in [3.63, 3.8) is 0 Å². The van der Waals surface area contributed by atoms with Gasteiger partial charge in [0.05, 0.1) is 10.6 Å². The molecule has 0 unspecified atom stereocenters. The van der Waals surface area contributed by atoms with Crippen molar-refractivity contribution in [1.82, 2.24) is 0 Å². The number of rotatable bonds is 6. The second kappa shape index (κ2) is 9.49. The van der Waals surface area contributed by atoms with Crippen molar-refractivity contribution in [2.75, 3.05) is 16.2 Å². The minimum atomic E-state index is -4.04. The second-order valence-corrected chi connectivity index (χ2v) is 10.1. The van der Waals surface area contributed by atoms with Gasteiger partial charge in [0.15, 0.2) is 0 Å². The van der Waals surface area contributed by atoms with Crippen LogP contribution in [-0.2, 0) is 14.8 Å². The topological polar surface area (TPSA) is 66.5 Å². The summed E-state index contributed by atoms with van der Waals surface area (Å²) in [5.74, 6) is -0.564. The largest absolute Gasteiger partial charge is 0.324 e. The summed E-state index contributed by atoms with van der Waals surface area (Å²) in [6.45, 7) is 3.19. The zero-order valence-corrected chi connectivity index (χ0v) is 19.8. The summed E-state index contributed by atoms with van der Waals surface area (Å²) >= 11 is 18.2. The Morgan fingerprint density at radius 1 is 0.903 bits per heavy atom. The summed E-state index contributed by atoms with van der Waals surface area (Å²) in [7, 11) is -4.04. The molecular weight excluding hydrogens is 479 g/mol. The highest BCUT2D eigenvalue weighted by atomic mass is 35.5. The molecule has 1 N–H and O–H groups in total. The molecule has 5 nitrogen and oxygen atoms in total. The summed E-state index contributed by atoms with van der Waals surface area (Å²) in [6, 6.07) is 15.8. The van der Waals surface area contributed by atoms with Gasteiger partial charge in [-0.3, -0.25) is 9.10 Å². The van der Waals surface area contributed by atoms with E-state index in [4.69, 9.17) is 34.8 Å². The molecule has 9 heteroatoms. The van der Waals surface area contributed by atoms with Gasteiger partial charge in [-0.1, -0.05) is 58.6 Å². The first kappa shape index (κ1) is 23.4. The second-order valence-electron chi connectivity index (χ2n) is 6.96. The quantitative estimate of drug-likeness (QED) is 0.447. The van der Waals surface area contributed by atoms with Crippen LogP contribution < -0.4 is 9.62 Å². The molecule has 0 spiro atoms. The van der Waals surface area contributed by atoms with E-state index in [2.05, 4.69) is 5.32 Å². The van der Waals surface area contributed by atoms with Crippen LogP contribution in [0.3, 0.4) is 0 Å². The van der Waals surface area contributed by atoms with E-state index in [0.717, 1.165) is 15.4 Å². The zero-order chi connectivity index (χ0) is 22.8. The van der Waals surface area contributed by atoms with Crippen molar-refractivity contribution in [1.29, 1.82) is 0 Å². The van der Waals surface area contributed by atoms with Gasteiger partial charge in [0.1, 0.15) is 6.54 Å². The third-order valence-corrected chi connectivity index (χ3v) is 7.12. The monoisotopic (exact) mass is 496 g/mol. The van der Waals surface area contributed by atoms with Crippen LogP contribution in [0.4, 0.5) is 11.4 Å². The third-order valence-electron chi connectivity index (χ3n) is 4.49. The average molecular weight is 498 g/mol. The van der Waals surface area contributed by atoms with Crippen LogP contribution in [0.15, 0.2) is 65.6 Å². The molecule has 0 fully saturated rings. The lowest BCUT2D eigenvalue weighted by molar-refractivity contribution is -0.114. The molecule has 0 radical (unpaired) electrons. The Labute approximate surface area is 196 Å². The van der Waals surface area contributed by atoms with Gasteiger partial charge in [-0.15, -0.1) is 0 Å². The van der Waals surface area contributed by atoms with Crippen LogP contribution >= 0.6 is 34.8 Å². The van der Waals surface area contributed by atoms with Crippen LogP contribution in [0.2, 0.25) is 15.1 Å². The fourth-order valence-electron chi connectivity index (χ4n) is 2.85. The molecule has 3 rings (SSSR count). The molecule has 0 heterocycles. The van der Waals surface area contributed by atoms with Crippen molar-refractivity contribution in [2.24, 2.45) is 0 Å². The highest BCUT2D eigenvalue weighted by Gasteiger charge is 2.27. The standard InChI is InChI=1S/C22H19Cl3N2O3S/c1-14-3-7-20(8-4-14)31(29,30)27(19-6-5-15(2)21(25)12-19)13-22(28)26-18-10-16(23)9-17(24)11-18/h3-12H,13H2,1-2H3,(H,26,28). The number of aryl methyl sites for hydroxylation is 2. The average Bonchev–Trinajstić information content (AvgIpc) is 2.68. The van der Waals surface area contributed by atoms with Crippen molar-refractivity contribution in [3.8, 4) is 0 Å². The number of nitrogens with zero attached hydrogens (tertiary/aromatic N) is 1. The highest BCUT2D eigenvalue weighted by Crippen LogP contribution is 2.29. The van der Waals surface area contributed by atoms with E-state index in [-0.39, 0.29) is 10.6 Å². The maximum absolute atomic E-state index is 13.4. The Balaban J connectivity index is 1.98. The third kappa shape index (κ3) is 5.71. The Bertz CT molecular complexity index is 1210. The Hall–Kier alpha value is -2.25. The number of anilines is 2. The molecule has 0 saturated carbocycles. The molecule has 0 aliphatic heterocycles. The predicted octanol–water partition coefficient (Wildman–Crippen LogP) is 6.10. The Kier molecular flexibility index (Phi) is 7.17. The molecule has 0 aromatic heterocycles. The van der Waals surface area contributed by atoms with Gasteiger partial charge in [-0.25, -0.2) is 8.42 Å². The lowest BCUT2D eigenvalue weighted by atomic mass is 10.2. The Morgan fingerprint density at radius 3 is 2.10 bits per heavy atom. The van der Waals surface area contributed by atoms with E-state index in [1.807, 2.05) is 6.92 Å². The maximum Gasteiger partial charge on any atom is 0.264 e. The molecule has 0 aliphatic rings. The number of halogens is 3. The molecular formula is C22H19Cl3N2O3S. The molecule has 1 amide bonds. The van der Waals surface area contributed by atoms with Crippen LogP contribution in [-0.4, -0.2) is 20.9 Å². The summed E-state index contributed by atoms with van der Waals surface area (Å²) in [5.41, 5.74) is 2.34. The fourth-order valence-corrected chi connectivity index (χ4v) is 4.96. The van der Waals surface area contributed by atoms with Gasteiger partial charge in [-0.05, 0) is 61.9 Å². The highest BCUT2D eigenvalue weighted by molar-refractivity contribution is 7.92. The first-order valence-electron chi connectivity index (χ1n) is 9.18. The lowest BCUT2D eigenvalue weighted by Crippen LogP contribution is -2.38. The first-order valence-corrected chi connectivity index (χ1v) is 11.7. The molecule has 3 aromatic carbocycles. The molecule has 0 bridgehead atoms. The van der Waals surface area contributed by atoms with Gasteiger partial charge < -0.3 is 5.32 Å². The van der Waals surface area contributed by atoms with Crippen molar-refractivity contribution >= 4 is 62.1 Å². The van der Waals surface area contributed by atoms with E-state index >= 15 is 0 Å². The van der Waals surface area contributed by atoms with Gasteiger partial charge in [0, 0.05) is 20.8 Å². The predicted molar refractivity (Wildman–Crippen MR) is 127 cm³/mol. The smallest absolute Gasteiger partial charge is 0.264 e. The molecule has 3 aromatic rings. The van der Waals surface area contributed by atoms with E-state index in [9.17, 15) is 13.2 Å². The van der Waals surface area contributed by atoms with Gasteiger partial charge in [0.2, 0.25) is 5.91 Å². The molecule has 0 aliphatic carbocycles. The van der Waals surface area contributed by atoms with Crippen LogP contribution in [0, 0.1) is 13.8 Å². The number of carbonyl (C=O) groups excluding carboxylic acids is 1. The number of amides is 1. The van der Waals surface area contributed by atoms with Gasteiger partial charge >= 0.3 is 0 Å². The zero-order valence-electron chi connectivity index (χ0n) is 16.7. The number of sulfonamides is 1. The van der Waals surface area contributed by atoms with Gasteiger partial charge in [-0.2, -0.15) is 0 Å². The maximum atomic E-state index is 13.4. The number of benzene rings is 3. The van der Waals surface area contributed by atoms with E-state index in [1.165, 1.54) is 36.4 Å². The summed E-state index contributed by atoms with van der Waals surface area (Å²) in [5, 5.41) is 3.72. The normalized spacial score (nSPS) is 11.3. The SMILES string of the molecule is Cc1ccc(S(=O)(=O)N(CC(=O)Nc2cc(Cl)cc(Cl)c2)c2ccc(C)c(Cl)c2)cc1. The van der Waals surface area contributed by atoms with E-state index in [0.29, 0.717) is 20.8 Å². The summed E-state index contributed by atoms with van der Waals surface area (Å²) < 4.78 is 27.8. The lowest BCUT2D eigenvalue weighted by Gasteiger charge is -2.24. The number of hydrogen-bond acceptors (Lipinski definition) is 3. The molecule has 0 atom stereocenters. The number of hydrogen-bond donors (Lipinski definition) is 1. The van der Waals surface area contributed by atoms with E-state index < -0.39 is 22.5 Å². The van der Waals surface area contributed by atoms with Crippen LogP contribution in [0.1, 0.15) is 11.1 Å².